The minimum Gasteiger partial charge on any atom is -0.507 e. The second-order valence-electron chi connectivity index (χ2n) is 25.0. The van der Waals surface area contributed by atoms with E-state index in [1.54, 1.807) is 12.1 Å². The number of hydrogen-bond donors (Lipinski definition) is 15. The van der Waals surface area contributed by atoms with E-state index < -0.39 is 71.7 Å². The Morgan fingerprint density at radius 2 is 1.23 bits per heavy atom. The van der Waals surface area contributed by atoms with Gasteiger partial charge in [-0.2, -0.15) is 0 Å². The molecule has 5 saturated heterocycles. The van der Waals surface area contributed by atoms with Crippen LogP contribution in [0.15, 0.2) is 65.7 Å². The monoisotopic (exact) mass is 1420 g/mol. The summed E-state index contributed by atoms with van der Waals surface area (Å²) in [6.07, 6.45) is 0.787. The number of hydrazine groups is 1. The molecule has 5 aliphatic heterocycles. The predicted octanol–water partition coefficient (Wildman–Crippen LogP) is -2.72. The van der Waals surface area contributed by atoms with Crippen LogP contribution in [-0.4, -0.2) is 240 Å². The molecule has 30 heteroatoms. The highest BCUT2D eigenvalue weighted by atomic mass is 127. The van der Waals surface area contributed by atoms with Crippen molar-refractivity contribution in [3.8, 4) is 5.75 Å². The number of ether oxygens (including phenoxy) is 1. The summed E-state index contributed by atoms with van der Waals surface area (Å²) in [6, 6.07) is 13.0. The van der Waals surface area contributed by atoms with Gasteiger partial charge in [0.1, 0.15) is 29.9 Å². The molecule has 5 fully saturated rings. The maximum absolute atomic E-state index is 14.6. The van der Waals surface area contributed by atoms with E-state index in [1.165, 1.54) is 18.0 Å². The van der Waals surface area contributed by atoms with Crippen LogP contribution in [0.1, 0.15) is 75.8 Å². The Labute approximate surface area is 563 Å². The van der Waals surface area contributed by atoms with Gasteiger partial charge >= 0.3 is 0 Å². The highest BCUT2D eigenvalue weighted by Gasteiger charge is 2.44. The number of phenolic OH excluding ortho intramolecular Hbond substituents is 1. The summed E-state index contributed by atoms with van der Waals surface area (Å²) in [5, 5.41) is 53.9. The zero-order valence-corrected chi connectivity index (χ0v) is 56.3. The van der Waals surface area contributed by atoms with E-state index in [9.17, 15) is 48.3 Å². The van der Waals surface area contributed by atoms with E-state index in [0.29, 0.717) is 40.8 Å². The fraction of sp³-hybridized carbons (Fsp3) is 0.594. The van der Waals surface area contributed by atoms with Gasteiger partial charge in [-0.05, 0) is 88.7 Å². The number of amides is 9. The third-order valence-corrected chi connectivity index (χ3v) is 17.9. The van der Waals surface area contributed by atoms with Crippen molar-refractivity contribution in [3.05, 3.63) is 75.4 Å². The van der Waals surface area contributed by atoms with Gasteiger partial charge in [0, 0.05) is 156 Å². The maximum atomic E-state index is 14.6. The summed E-state index contributed by atoms with van der Waals surface area (Å²) >= 11 is 1.94. The number of nitrogens with one attached hydrogen (secondary N) is 12. The van der Waals surface area contributed by atoms with Gasteiger partial charge in [-0.15, -0.1) is 0 Å². The molecule has 0 aliphatic carbocycles. The Hall–Kier alpha value is -7.33. The van der Waals surface area contributed by atoms with E-state index in [2.05, 4.69) is 85.7 Å². The molecule has 516 valence electrons. The third-order valence-electron chi connectivity index (χ3n) is 17.1. The number of nitrogens with two attached hydrogens (primary N) is 2. The first-order chi connectivity index (χ1) is 45.2. The number of nitrogens with zero attached hydrogens (tertiary/aromatic N) is 4. The zero-order valence-electron chi connectivity index (χ0n) is 54.1. The van der Waals surface area contributed by atoms with Crippen LogP contribution in [0.5, 0.6) is 5.75 Å². The van der Waals surface area contributed by atoms with Gasteiger partial charge in [0.25, 0.3) is 0 Å². The number of rotatable bonds is 26. The second-order valence-corrected chi connectivity index (χ2v) is 26.2. The predicted molar refractivity (Wildman–Crippen MR) is 363 cm³/mol. The third kappa shape index (κ3) is 24.5. The summed E-state index contributed by atoms with van der Waals surface area (Å²) in [7, 11) is 1.40. The molecule has 3 aromatic carbocycles. The highest BCUT2D eigenvalue weighted by Crippen LogP contribution is 2.24. The average molecular weight is 1420 g/mol. The number of benzene rings is 3. The standard InChI is InChI=1S/C64H97IN18O11/c1-63-37-68-22-23-69-40-64(41-82(28-24-70-38-63)83(42-64)29-25-71-39-63)80-56(88)13-5-12-53(85)73-26-30-94-31-27-74-55(87)19-18-54(86)72-20-7-11-51-60(92)78-48(10-6-21-75-62(66)67)59(91)79-49(34-43-14-16-45-8-3-4-9-46(45)32-43)58(90)76-36-57(89)77-50(61(93)81(51)2)35-44-15-17-52(84)47(65)33-44/h3-4,8-9,14-17,32-33,48-51,68-71,84H,5-7,10-13,18-31,34-42H2,1-2H3,(H,72,86)(H,73,85)(H,74,87)(H,76,90)(H,77,89)(H,78,92)(H,79,91)(H,80,88)(H4,66,67,75)/t48-,49-,50+,51+,63?,64?/m0/s1. The molecule has 8 rings (SSSR count). The molecule has 29 nitrogen and oxygen atoms in total. The Kier molecular flexibility index (Phi) is 29.7. The van der Waals surface area contributed by atoms with Crippen molar-refractivity contribution < 1.29 is 53.0 Å². The lowest BCUT2D eigenvalue weighted by Gasteiger charge is -2.33. The molecule has 0 aromatic heterocycles. The lowest BCUT2D eigenvalue weighted by atomic mass is 9.90. The summed E-state index contributed by atoms with van der Waals surface area (Å²) < 4.78 is 6.10. The molecule has 5 heterocycles. The first-order valence-electron chi connectivity index (χ1n) is 32.6. The Morgan fingerprint density at radius 3 is 1.90 bits per heavy atom. The summed E-state index contributed by atoms with van der Waals surface area (Å²) in [6.45, 7) is 12.3. The first kappa shape index (κ1) is 74.1. The summed E-state index contributed by atoms with van der Waals surface area (Å²) in [5.41, 5.74) is 12.1. The minimum absolute atomic E-state index is 0.0125. The van der Waals surface area contributed by atoms with Gasteiger partial charge in [0.15, 0.2) is 5.96 Å². The molecule has 9 amide bonds. The van der Waals surface area contributed by atoms with Crippen LogP contribution >= 0.6 is 22.6 Å². The SMILES string of the molecule is CN1C(=O)[C@@H](Cc2ccc(O)c(I)c2)NC(=O)CNC(=O)[C@H](Cc2ccc3ccccc3c2)NC(=O)[C@H](CCCN=C(N)N)NC(=O)[C@H]1CCCNC(=O)CCC(=O)NCCOCCNC(=O)CCCC(=O)NC12CNCCNCC3(C)CNCCN(C1)N(CCNC3)C2. The van der Waals surface area contributed by atoms with Crippen LogP contribution < -0.4 is 75.3 Å². The molecule has 0 spiro atoms. The molecule has 17 N–H and O–H groups in total. The van der Waals surface area contributed by atoms with Crippen molar-refractivity contribution >= 4 is 92.5 Å². The van der Waals surface area contributed by atoms with Crippen LogP contribution in [0, 0.1) is 8.99 Å². The number of fused-ring (bicyclic) bond motifs is 12. The normalized spacial score (nSPS) is 24.3. The van der Waals surface area contributed by atoms with Gasteiger partial charge in [-0.1, -0.05) is 55.5 Å². The van der Waals surface area contributed by atoms with Gasteiger partial charge in [0.05, 0.1) is 28.9 Å². The zero-order chi connectivity index (χ0) is 67.5. The van der Waals surface area contributed by atoms with E-state index in [-0.39, 0.29) is 138 Å². The van der Waals surface area contributed by atoms with Gasteiger partial charge in [0.2, 0.25) is 53.2 Å². The van der Waals surface area contributed by atoms with Gasteiger partial charge < -0.3 is 90.0 Å². The Morgan fingerprint density at radius 1 is 0.649 bits per heavy atom. The molecule has 3 aromatic rings. The fourth-order valence-corrected chi connectivity index (χ4v) is 12.6. The minimum atomic E-state index is -1.28. The number of guanidine groups is 1. The van der Waals surface area contributed by atoms with Crippen molar-refractivity contribution in [3.63, 3.8) is 0 Å². The molecule has 6 atom stereocenters. The van der Waals surface area contributed by atoms with E-state index in [4.69, 9.17) is 16.2 Å². The van der Waals surface area contributed by atoms with Crippen molar-refractivity contribution in [2.45, 2.75) is 107 Å². The summed E-state index contributed by atoms with van der Waals surface area (Å²) in [5.74, 6) is -4.82. The Bertz CT molecular complexity index is 3080. The topological polar surface area (TPSA) is 402 Å². The molecular formula is C64H97IN18O11. The van der Waals surface area contributed by atoms with Crippen LogP contribution in [0.2, 0.25) is 0 Å². The van der Waals surface area contributed by atoms with Gasteiger partial charge in [-0.25, -0.2) is 10.0 Å². The van der Waals surface area contributed by atoms with Crippen LogP contribution in [0.3, 0.4) is 0 Å². The average Bonchev–Trinajstić information content (AvgIpc) is 1.58. The molecule has 0 radical (unpaired) electrons. The number of halogens is 1. The highest BCUT2D eigenvalue weighted by molar-refractivity contribution is 14.1. The quantitative estimate of drug-likeness (QED) is 0.0168. The van der Waals surface area contributed by atoms with Gasteiger partial charge in [-0.3, -0.25) is 48.1 Å². The van der Waals surface area contributed by atoms with E-state index >= 15 is 0 Å². The van der Waals surface area contributed by atoms with Crippen molar-refractivity contribution in [1.82, 2.24) is 78.7 Å². The number of phenols is 1. The number of aromatic hydroxyl groups is 1. The number of carbonyl (C=O) groups is 9. The number of aliphatic imine (C=N–C) groups is 1. The maximum Gasteiger partial charge on any atom is 0.245 e. The summed E-state index contributed by atoms with van der Waals surface area (Å²) in [4.78, 5) is 128. The molecular weight excluding hydrogens is 1320 g/mol. The first-order valence-corrected chi connectivity index (χ1v) is 33.7. The largest absolute Gasteiger partial charge is 0.507 e. The van der Waals surface area contributed by atoms with Crippen molar-refractivity contribution in [2.75, 3.05) is 132 Å². The Balaban J connectivity index is 0.855. The number of likely N-dealkylation sites (N-methyl/N-ethyl adjacent to an activating group) is 1. The van der Waals surface area contributed by atoms with Crippen LogP contribution in [-0.2, 0) is 60.7 Å². The fourth-order valence-electron chi connectivity index (χ4n) is 12.0. The molecule has 5 aliphatic rings. The van der Waals surface area contributed by atoms with Crippen LogP contribution in [0.25, 0.3) is 10.8 Å². The smallest absolute Gasteiger partial charge is 0.245 e. The van der Waals surface area contributed by atoms with Crippen LogP contribution in [0.4, 0.5) is 0 Å². The van der Waals surface area contributed by atoms with Crippen molar-refractivity contribution in [1.29, 1.82) is 0 Å². The molecule has 0 saturated carbocycles. The lowest BCUT2D eigenvalue weighted by molar-refractivity contribution is -0.142. The lowest BCUT2D eigenvalue weighted by Crippen LogP contribution is -2.59. The molecule has 4 bridgehead atoms. The second kappa shape index (κ2) is 37.7. The number of carbonyl (C=O) groups excluding carboxylic acids is 9. The van der Waals surface area contributed by atoms with Crippen molar-refractivity contribution in [2.24, 2.45) is 21.9 Å². The van der Waals surface area contributed by atoms with E-state index in [1.807, 2.05) is 65.1 Å². The molecule has 2 unspecified atom stereocenters. The van der Waals surface area contributed by atoms with E-state index in [0.717, 1.165) is 69.7 Å². The number of hydrogen-bond acceptors (Lipinski definition) is 18. The molecule has 94 heavy (non-hydrogen) atoms.